The third-order valence-electron chi connectivity index (χ3n) is 3.34. The zero-order chi connectivity index (χ0) is 15.4. The summed E-state index contributed by atoms with van der Waals surface area (Å²) in [7, 11) is 0. The monoisotopic (exact) mass is 306 g/mol. The van der Waals surface area contributed by atoms with Crippen molar-refractivity contribution in [2.24, 2.45) is 0 Å². The maximum atomic E-state index is 11.9. The van der Waals surface area contributed by atoms with E-state index in [0.717, 1.165) is 16.9 Å². The van der Waals surface area contributed by atoms with Crippen LogP contribution in [0.2, 0.25) is 5.02 Å². The van der Waals surface area contributed by atoms with E-state index in [1.54, 1.807) is 12.3 Å². The Labute approximate surface area is 129 Å². The summed E-state index contributed by atoms with van der Waals surface area (Å²) in [6.07, 6.45) is 2.76. The molecule has 2 aromatic rings. The first-order valence-corrected chi connectivity index (χ1v) is 7.19. The van der Waals surface area contributed by atoms with Gasteiger partial charge in [-0.05, 0) is 44.0 Å². The third-order valence-corrected chi connectivity index (χ3v) is 3.71. The minimum atomic E-state index is -0.0150. The summed E-state index contributed by atoms with van der Waals surface area (Å²) >= 11 is 5.94. The van der Waals surface area contributed by atoms with Gasteiger partial charge in [-0.25, -0.2) is 0 Å². The zero-order valence-corrected chi connectivity index (χ0v) is 12.9. The number of amides is 1. The zero-order valence-electron chi connectivity index (χ0n) is 12.2. The average molecular weight is 307 g/mol. The first kappa shape index (κ1) is 15.4. The smallest absolute Gasteiger partial charge is 0.224 e. The van der Waals surface area contributed by atoms with E-state index in [1.165, 1.54) is 0 Å². The molecule has 3 N–H and O–H groups in total. The number of anilines is 2. The van der Waals surface area contributed by atoms with Gasteiger partial charge in [0.05, 0.1) is 16.9 Å². The van der Waals surface area contributed by atoms with E-state index in [2.05, 4.69) is 10.4 Å². The second-order valence-corrected chi connectivity index (χ2v) is 5.43. The summed E-state index contributed by atoms with van der Waals surface area (Å²) in [6.45, 7) is 4.50. The number of hydrogen-bond donors (Lipinski definition) is 2. The summed E-state index contributed by atoms with van der Waals surface area (Å²) < 4.78 is 1.81. The SMILES string of the molecule is Cc1cc(N)ccc1NC(=O)CCCn1ncc(Cl)c1C. The molecule has 112 valence electrons. The number of hydrogen-bond acceptors (Lipinski definition) is 3. The molecule has 0 saturated carbocycles. The number of nitrogens with two attached hydrogens (primary N) is 1. The minimum Gasteiger partial charge on any atom is -0.399 e. The maximum Gasteiger partial charge on any atom is 0.224 e. The Morgan fingerprint density at radius 2 is 2.19 bits per heavy atom. The lowest BCUT2D eigenvalue weighted by molar-refractivity contribution is -0.116. The fourth-order valence-corrected chi connectivity index (χ4v) is 2.22. The van der Waals surface area contributed by atoms with Gasteiger partial charge >= 0.3 is 0 Å². The van der Waals surface area contributed by atoms with E-state index in [0.29, 0.717) is 30.1 Å². The molecule has 21 heavy (non-hydrogen) atoms. The number of nitrogens with zero attached hydrogens (tertiary/aromatic N) is 2. The molecular formula is C15H19ClN4O. The molecule has 2 rings (SSSR count). The topological polar surface area (TPSA) is 72.9 Å². The van der Waals surface area contributed by atoms with Gasteiger partial charge in [0.15, 0.2) is 0 Å². The predicted molar refractivity (Wildman–Crippen MR) is 85.4 cm³/mol. The van der Waals surface area contributed by atoms with Crippen LogP contribution in [0.4, 0.5) is 11.4 Å². The molecule has 1 amide bonds. The molecule has 0 atom stereocenters. The summed E-state index contributed by atoms with van der Waals surface area (Å²) in [4.78, 5) is 11.9. The summed E-state index contributed by atoms with van der Waals surface area (Å²) in [6, 6.07) is 5.43. The van der Waals surface area contributed by atoms with Crippen LogP contribution in [0.25, 0.3) is 0 Å². The van der Waals surface area contributed by atoms with E-state index in [9.17, 15) is 4.79 Å². The molecule has 1 aromatic heterocycles. The van der Waals surface area contributed by atoms with Crippen LogP contribution in [-0.4, -0.2) is 15.7 Å². The van der Waals surface area contributed by atoms with E-state index in [4.69, 9.17) is 17.3 Å². The fraction of sp³-hybridized carbons (Fsp3) is 0.333. The van der Waals surface area contributed by atoms with Crippen molar-refractivity contribution in [3.8, 4) is 0 Å². The molecule has 0 aliphatic carbocycles. The van der Waals surface area contributed by atoms with Gasteiger partial charge in [-0.2, -0.15) is 5.10 Å². The van der Waals surface area contributed by atoms with Crippen molar-refractivity contribution in [1.29, 1.82) is 0 Å². The highest BCUT2D eigenvalue weighted by atomic mass is 35.5. The molecule has 6 heteroatoms. The van der Waals surface area contributed by atoms with Gasteiger partial charge in [0.2, 0.25) is 5.91 Å². The van der Waals surface area contributed by atoms with Crippen molar-refractivity contribution < 1.29 is 4.79 Å². The van der Waals surface area contributed by atoms with Gasteiger partial charge in [0.1, 0.15) is 0 Å². The second kappa shape index (κ2) is 6.63. The van der Waals surface area contributed by atoms with Crippen LogP contribution >= 0.6 is 11.6 Å². The van der Waals surface area contributed by atoms with E-state index < -0.39 is 0 Å². The molecule has 5 nitrogen and oxygen atoms in total. The van der Waals surface area contributed by atoms with Crippen molar-refractivity contribution in [2.45, 2.75) is 33.2 Å². The molecule has 0 radical (unpaired) electrons. The molecule has 0 saturated heterocycles. The number of carbonyl (C=O) groups excluding carboxylic acids is 1. The normalized spacial score (nSPS) is 10.6. The Morgan fingerprint density at radius 1 is 1.43 bits per heavy atom. The number of nitrogens with one attached hydrogen (secondary N) is 1. The van der Waals surface area contributed by atoms with Crippen LogP contribution < -0.4 is 11.1 Å². The van der Waals surface area contributed by atoms with Gasteiger partial charge in [-0.1, -0.05) is 11.6 Å². The van der Waals surface area contributed by atoms with Gasteiger partial charge in [-0.3, -0.25) is 9.48 Å². The predicted octanol–water partition coefficient (Wildman–Crippen LogP) is 3.15. The van der Waals surface area contributed by atoms with Gasteiger partial charge in [0, 0.05) is 24.3 Å². The van der Waals surface area contributed by atoms with Crippen molar-refractivity contribution in [3.05, 3.63) is 40.7 Å². The van der Waals surface area contributed by atoms with Gasteiger partial charge < -0.3 is 11.1 Å². The Morgan fingerprint density at radius 3 is 2.81 bits per heavy atom. The lowest BCUT2D eigenvalue weighted by Gasteiger charge is -2.09. The molecule has 0 bridgehead atoms. The number of rotatable bonds is 5. The highest BCUT2D eigenvalue weighted by molar-refractivity contribution is 6.31. The number of aromatic nitrogens is 2. The molecule has 0 fully saturated rings. The average Bonchev–Trinajstić information content (AvgIpc) is 2.74. The van der Waals surface area contributed by atoms with Crippen LogP contribution in [0.5, 0.6) is 0 Å². The fourth-order valence-electron chi connectivity index (χ4n) is 2.08. The molecule has 1 aromatic carbocycles. The number of halogens is 1. The Balaban J connectivity index is 1.84. The highest BCUT2D eigenvalue weighted by Gasteiger charge is 2.07. The quantitative estimate of drug-likeness (QED) is 0.833. The first-order valence-electron chi connectivity index (χ1n) is 6.81. The third kappa shape index (κ3) is 3.98. The molecule has 0 aliphatic heterocycles. The standard InChI is InChI=1S/C15H19ClN4O/c1-10-8-12(17)5-6-14(10)19-15(21)4-3-7-20-11(2)13(16)9-18-20/h5-6,8-9H,3-4,7,17H2,1-2H3,(H,19,21). The summed E-state index contributed by atoms with van der Waals surface area (Å²) in [5.41, 5.74) is 9.05. The Bertz CT molecular complexity index is 651. The van der Waals surface area contributed by atoms with E-state index in [1.807, 2.05) is 30.7 Å². The largest absolute Gasteiger partial charge is 0.399 e. The maximum absolute atomic E-state index is 11.9. The van der Waals surface area contributed by atoms with Crippen LogP contribution in [0, 0.1) is 13.8 Å². The minimum absolute atomic E-state index is 0.0150. The second-order valence-electron chi connectivity index (χ2n) is 5.03. The molecule has 1 heterocycles. The Hall–Kier alpha value is -2.01. The van der Waals surface area contributed by atoms with Crippen LogP contribution in [0.15, 0.2) is 24.4 Å². The van der Waals surface area contributed by atoms with Crippen LogP contribution in [0.3, 0.4) is 0 Å². The van der Waals surface area contributed by atoms with Gasteiger partial charge in [-0.15, -0.1) is 0 Å². The summed E-state index contributed by atoms with van der Waals surface area (Å²) in [5.74, 6) is -0.0150. The lowest BCUT2D eigenvalue weighted by Crippen LogP contribution is -2.14. The van der Waals surface area contributed by atoms with E-state index >= 15 is 0 Å². The highest BCUT2D eigenvalue weighted by Crippen LogP contribution is 2.18. The van der Waals surface area contributed by atoms with E-state index in [-0.39, 0.29) is 5.91 Å². The number of carbonyl (C=O) groups is 1. The lowest BCUT2D eigenvalue weighted by atomic mass is 10.1. The molecular weight excluding hydrogens is 288 g/mol. The summed E-state index contributed by atoms with van der Waals surface area (Å²) in [5, 5.41) is 7.70. The molecule has 0 aliphatic rings. The van der Waals surface area contributed by atoms with Crippen LogP contribution in [-0.2, 0) is 11.3 Å². The Kier molecular flexibility index (Phi) is 4.85. The van der Waals surface area contributed by atoms with Crippen molar-refractivity contribution in [1.82, 2.24) is 9.78 Å². The molecule has 0 unspecified atom stereocenters. The number of aryl methyl sites for hydroxylation is 2. The van der Waals surface area contributed by atoms with Crippen molar-refractivity contribution in [3.63, 3.8) is 0 Å². The van der Waals surface area contributed by atoms with Crippen molar-refractivity contribution >= 4 is 28.9 Å². The number of benzene rings is 1. The van der Waals surface area contributed by atoms with Crippen LogP contribution in [0.1, 0.15) is 24.1 Å². The van der Waals surface area contributed by atoms with Crippen molar-refractivity contribution in [2.75, 3.05) is 11.1 Å². The number of nitrogen functional groups attached to an aromatic ring is 1. The first-order chi connectivity index (χ1) is 9.97. The molecule has 0 spiro atoms. The van der Waals surface area contributed by atoms with Gasteiger partial charge in [0.25, 0.3) is 0 Å².